The number of aromatic carboxylic acids is 1. The highest BCUT2D eigenvalue weighted by atomic mass is 16.5. The minimum Gasteiger partial charge on any atom is -0.478 e. The maximum absolute atomic E-state index is 11.8. The van der Waals surface area contributed by atoms with Crippen molar-refractivity contribution in [3.63, 3.8) is 0 Å². The summed E-state index contributed by atoms with van der Waals surface area (Å²) in [5.41, 5.74) is 1.16. The maximum Gasteiger partial charge on any atom is 0.335 e. The van der Waals surface area contributed by atoms with Crippen molar-refractivity contribution in [1.82, 2.24) is 10.6 Å². The monoisotopic (exact) mass is 292 g/mol. The van der Waals surface area contributed by atoms with Crippen LogP contribution >= 0.6 is 0 Å². The lowest BCUT2D eigenvalue weighted by Gasteiger charge is -2.23. The molecular weight excluding hydrogens is 272 g/mol. The Balaban J connectivity index is 1.72. The molecule has 1 amide bonds. The molecule has 1 saturated heterocycles. The van der Waals surface area contributed by atoms with E-state index in [1.165, 1.54) is 0 Å². The third-order valence-corrected chi connectivity index (χ3v) is 3.33. The van der Waals surface area contributed by atoms with Crippen molar-refractivity contribution in [3.05, 3.63) is 35.4 Å². The van der Waals surface area contributed by atoms with E-state index < -0.39 is 5.97 Å². The molecule has 114 valence electrons. The van der Waals surface area contributed by atoms with E-state index in [0.29, 0.717) is 32.5 Å². The molecule has 0 bridgehead atoms. The van der Waals surface area contributed by atoms with Gasteiger partial charge in [-0.25, -0.2) is 4.79 Å². The second-order valence-electron chi connectivity index (χ2n) is 5.01. The molecule has 1 aromatic rings. The first kappa shape index (κ1) is 15.5. The zero-order chi connectivity index (χ0) is 15.1. The number of amides is 1. The number of carbonyl (C=O) groups excluding carboxylic acids is 1. The third-order valence-electron chi connectivity index (χ3n) is 3.33. The average Bonchev–Trinajstić information content (AvgIpc) is 2.48. The van der Waals surface area contributed by atoms with Gasteiger partial charge in [-0.1, -0.05) is 12.1 Å². The molecule has 1 aliphatic heterocycles. The fourth-order valence-electron chi connectivity index (χ4n) is 2.24. The first-order chi connectivity index (χ1) is 10.1. The number of carbonyl (C=O) groups is 2. The summed E-state index contributed by atoms with van der Waals surface area (Å²) in [4.78, 5) is 22.6. The fourth-order valence-corrected chi connectivity index (χ4v) is 2.24. The lowest BCUT2D eigenvalue weighted by molar-refractivity contribution is -0.124. The summed E-state index contributed by atoms with van der Waals surface area (Å²) in [6.45, 7) is 2.66. The van der Waals surface area contributed by atoms with Crippen LogP contribution in [-0.2, 0) is 16.0 Å². The molecular formula is C15H20N2O4. The van der Waals surface area contributed by atoms with E-state index in [-0.39, 0.29) is 17.6 Å². The van der Waals surface area contributed by atoms with Crippen molar-refractivity contribution in [2.24, 2.45) is 0 Å². The van der Waals surface area contributed by atoms with E-state index in [1.807, 2.05) is 6.07 Å². The largest absolute Gasteiger partial charge is 0.478 e. The lowest BCUT2D eigenvalue weighted by atomic mass is 10.1. The van der Waals surface area contributed by atoms with Crippen LogP contribution in [0.5, 0.6) is 0 Å². The topological polar surface area (TPSA) is 87.7 Å². The maximum atomic E-state index is 11.8. The van der Waals surface area contributed by atoms with Crippen molar-refractivity contribution in [1.29, 1.82) is 0 Å². The van der Waals surface area contributed by atoms with Crippen molar-refractivity contribution < 1.29 is 19.4 Å². The van der Waals surface area contributed by atoms with Gasteiger partial charge in [-0.15, -0.1) is 0 Å². The van der Waals surface area contributed by atoms with Gasteiger partial charge in [0.2, 0.25) is 5.91 Å². The Morgan fingerprint density at radius 1 is 1.43 bits per heavy atom. The van der Waals surface area contributed by atoms with Crippen LogP contribution in [0.15, 0.2) is 24.3 Å². The standard InChI is InChI=1S/C15H20N2O4/c18-14(9-13-10-16-6-7-21-13)17-5-4-11-2-1-3-12(8-11)15(19)20/h1-3,8,13,16H,4-7,9-10H2,(H,17,18)(H,19,20). The third kappa shape index (κ3) is 5.17. The summed E-state index contributed by atoms with van der Waals surface area (Å²) in [6, 6.07) is 6.75. The van der Waals surface area contributed by atoms with E-state index in [2.05, 4.69) is 10.6 Å². The Hall–Kier alpha value is -1.92. The molecule has 6 nitrogen and oxygen atoms in total. The Bertz CT molecular complexity index is 498. The van der Waals surface area contributed by atoms with Gasteiger partial charge in [-0.05, 0) is 24.1 Å². The highest BCUT2D eigenvalue weighted by Gasteiger charge is 2.16. The van der Waals surface area contributed by atoms with Crippen LogP contribution in [-0.4, -0.2) is 49.3 Å². The van der Waals surface area contributed by atoms with E-state index >= 15 is 0 Å². The van der Waals surface area contributed by atoms with Gasteiger partial charge in [0.15, 0.2) is 0 Å². The number of hydrogen-bond acceptors (Lipinski definition) is 4. The molecule has 1 aliphatic rings. The number of hydrogen-bond donors (Lipinski definition) is 3. The molecule has 1 atom stereocenters. The molecule has 6 heteroatoms. The minimum absolute atomic E-state index is 0.0434. The molecule has 1 unspecified atom stereocenters. The second-order valence-corrected chi connectivity index (χ2v) is 5.01. The van der Waals surface area contributed by atoms with Gasteiger partial charge in [0, 0.05) is 19.6 Å². The van der Waals surface area contributed by atoms with Gasteiger partial charge >= 0.3 is 5.97 Å². The van der Waals surface area contributed by atoms with Crippen LogP contribution in [0, 0.1) is 0 Å². The number of benzene rings is 1. The average molecular weight is 292 g/mol. The van der Waals surface area contributed by atoms with Crippen LogP contribution < -0.4 is 10.6 Å². The molecule has 1 heterocycles. The van der Waals surface area contributed by atoms with Crippen LogP contribution in [0.3, 0.4) is 0 Å². The highest BCUT2D eigenvalue weighted by molar-refractivity contribution is 5.87. The van der Waals surface area contributed by atoms with Crippen LogP contribution in [0.4, 0.5) is 0 Å². The first-order valence-electron chi connectivity index (χ1n) is 7.06. The summed E-state index contributed by atoms with van der Waals surface area (Å²) in [7, 11) is 0. The number of ether oxygens (including phenoxy) is 1. The summed E-state index contributed by atoms with van der Waals surface area (Å²) < 4.78 is 5.47. The zero-order valence-corrected chi connectivity index (χ0v) is 11.8. The van der Waals surface area contributed by atoms with Crippen molar-refractivity contribution >= 4 is 11.9 Å². The molecule has 3 N–H and O–H groups in total. The summed E-state index contributed by atoms with van der Waals surface area (Å²) in [6.07, 6.45) is 0.896. The molecule has 0 radical (unpaired) electrons. The number of nitrogens with one attached hydrogen (secondary N) is 2. The van der Waals surface area contributed by atoms with Gasteiger partial charge < -0.3 is 20.5 Å². The fraction of sp³-hybridized carbons (Fsp3) is 0.467. The predicted octanol–water partition coefficient (Wildman–Crippen LogP) is 0.422. The van der Waals surface area contributed by atoms with E-state index in [4.69, 9.17) is 9.84 Å². The number of carboxylic acids is 1. The molecule has 0 spiro atoms. The molecule has 0 aromatic heterocycles. The zero-order valence-electron chi connectivity index (χ0n) is 11.8. The molecule has 1 aromatic carbocycles. The molecule has 0 saturated carbocycles. The van der Waals surface area contributed by atoms with Gasteiger partial charge in [0.1, 0.15) is 0 Å². The normalized spacial score (nSPS) is 18.2. The quantitative estimate of drug-likeness (QED) is 0.707. The number of rotatable bonds is 6. The Morgan fingerprint density at radius 3 is 3.00 bits per heavy atom. The highest BCUT2D eigenvalue weighted by Crippen LogP contribution is 2.06. The van der Waals surface area contributed by atoms with Crippen LogP contribution in [0.25, 0.3) is 0 Å². The van der Waals surface area contributed by atoms with Crippen molar-refractivity contribution in [2.45, 2.75) is 18.9 Å². The van der Waals surface area contributed by atoms with Gasteiger partial charge in [0.25, 0.3) is 0 Å². The van der Waals surface area contributed by atoms with Crippen molar-refractivity contribution in [3.8, 4) is 0 Å². The van der Waals surface area contributed by atoms with Crippen LogP contribution in [0.2, 0.25) is 0 Å². The molecule has 0 aliphatic carbocycles. The molecule has 1 fully saturated rings. The summed E-state index contributed by atoms with van der Waals surface area (Å²) in [5.74, 6) is -0.985. The van der Waals surface area contributed by atoms with E-state index in [1.54, 1.807) is 18.2 Å². The van der Waals surface area contributed by atoms with Gasteiger partial charge in [0.05, 0.1) is 24.7 Å². The van der Waals surface area contributed by atoms with E-state index in [0.717, 1.165) is 12.1 Å². The SMILES string of the molecule is O=C(CC1CNCCO1)NCCc1cccc(C(=O)O)c1. The Morgan fingerprint density at radius 2 is 2.29 bits per heavy atom. The van der Waals surface area contributed by atoms with Crippen LogP contribution in [0.1, 0.15) is 22.3 Å². The van der Waals surface area contributed by atoms with Crippen molar-refractivity contribution in [2.75, 3.05) is 26.2 Å². The Labute approximate surface area is 123 Å². The number of carboxylic acid groups (broad SMARTS) is 1. The molecule has 21 heavy (non-hydrogen) atoms. The van der Waals surface area contributed by atoms with Gasteiger partial charge in [-0.2, -0.15) is 0 Å². The summed E-state index contributed by atoms with van der Waals surface area (Å²) in [5, 5.41) is 14.9. The molecule has 2 rings (SSSR count). The Kier molecular flexibility index (Phi) is 5.71. The second kappa shape index (κ2) is 7.75. The van der Waals surface area contributed by atoms with E-state index in [9.17, 15) is 9.59 Å². The smallest absolute Gasteiger partial charge is 0.335 e. The number of morpholine rings is 1. The lowest BCUT2D eigenvalue weighted by Crippen LogP contribution is -2.41. The van der Waals surface area contributed by atoms with Gasteiger partial charge in [-0.3, -0.25) is 4.79 Å². The summed E-state index contributed by atoms with van der Waals surface area (Å²) >= 11 is 0. The minimum atomic E-state index is -0.942. The first-order valence-corrected chi connectivity index (χ1v) is 7.06. The predicted molar refractivity (Wildman–Crippen MR) is 77.3 cm³/mol.